The van der Waals surface area contributed by atoms with Crippen molar-refractivity contribution in [1.82, 2.24) is 30.1 Å². The van der Waals surface area contributed by atoms with Gasteiger partial charge in [0.05, 0.1) is 18.5 Å². The van der Waals surface area contributed by atoms with E-state index in [-0.39, 0.29) is 24.4 Å². The van der Waals surface area contributed by atoms with Crippen LogP contribution in [-0.2, 0) is 33.8 Å². The van der Waals surface area contributed by atoms with Gasteiger partial charge in [0.25, 0.3) is 0 Å². The molecule has 5 rings (SSSR count). The molecular weight excluding hydrogens is 568 g/mol. The minimum absolute atomic E-state index is 0.217. The van der Waals surface area contributed by atoms with Crippen LogP contribution in [0.15, 0.2) is 30.3 Å². The first-order valence-electron chi connectivity index (χ1n) is 16.6. The van der Waals surface area contributed by atoms with Crippen molar-refractivity contribution in [2.24, 2.45) is 0 Å². The van der Waals surface area contributed by atoms with Crippen LogP contribution >= 0.6 is 0 Å². The first-order valence-corrected chi connectivity index (χ1v) is 16.6. The number of amides is 1. The van der Waals surface area contributed by atoms with E-state index in [2.05, 4.69) is 57.8 Å². The average molecular weight is 619 g/mol. The Bertz CT molecular complexity index is 1470. The summed E-state index contributed by atoms with van der Waals surface area (Å²) in [7, 11) is 0. The van der Waals surface area contributed by atoms with Gasteiger partial charge in [-0.05, 0) is 94.3 Å². The van der Waals surface area contributed by atoms with E-state index < -0.39 is 5.60 Å². The molecule has 10 nitrogen and oxygen atoms in total. The highest BCUT2D eigenvalue weighted by Gasteiger charge is 2.28. The van der Waals surface area contributed by atoms with E-state index >= 15 is 0 Å². The molecule has 0 spiro atoms. The third-order valence-electron chi connectivity index (χ3n) is 8.88. The lowest BCUT2D eigenvalue weighted by Crippen LogP contribution is -2.43. The Morgan fingerprint density at radius 1 is 1.00 bits per heavy atom. The van der Waals surface area contributed by atoms with Crippen molar-refractivity contribution in [3.8, 4) is 0 Å². The van der Waals surface area contributed by atoms with Crippen LogP contribution in [0, 0.1) is 6.92 Å². The Morgan fingerprint density at radius 3 is 2.53 bits per heavy atom. The summed E-state index contributed by atoms with van der Waals surface area (Å²) in [5, 5.41) is 12.5. The third kappa shape index (κ3) is 8.41. The van der Waals surface area contributed by atoms with E-state index in [1.165, 1.54) is 12.0 Å². The normalized spacial score (nSPS) is 16.4. The molecule has 1 fully saturated rings. The summed E-state index contributed by atoms with van der Waals surface area (Å²) >= 11 is 0. The number of hydrogen-bond donors (Lipinski definition) is 1. The molecule has 2 aliphatic rings. The standard InChI is InChI=1S/C35H50N6O4/c1-6-44-32(42)23-30(27-11-10-26-14-19-40(24-28(26)22-27)34(43)45-35(3,4)5)29-12-13-31-33(25(29)2)37-38-41(31)18-9-7-8-17-39-20-15-36-16-21-39/h10-13,22,30,36H,6-9,14-21,23-24H2,1-5H3. The molecule has 3 heterocycles. The van der Waals surface area contributed by atoms with Gasteiger partial charge in [-0.3, -0.25) is 4.79 Å². The lowest BCUT2D eigenvalue weighted by Gasteiger charge is -2.32. The van der Waals surface area contributed by atoms with Crippen LogP contribution in [0.2, 0.25) is 0 Å². The molecule has 10 heteroatoms. The highest BCUT2D eigenvalue weighted by molar-refractivity contribution is 5.80. The van der Waals surface area contributed by atoms with Gasteiger partial charge in [0.1, 0.15) is 11.1 Å². The summed E-state index contributed by atoms with van der Waals surface area (Å²) in [5.41, 5.74) is 6.73. The fraction of sp³-hybridized carbons (Fsp3) is 0.600. The smallest absolute Gasteiger partial charge is 0.410 e. The van der Waals surface area contributed by atoms with Gasteiger partial charge in [-0.2, -0.15) is 0 Å². The van der Waals surface area contributed by atoms with Crippen LogP contribution in [0.5, 0.6) is 0 Å². The van der Waals surface area contributed by atoms with Crippen LogP contribution in [0.25, 0.3) is 11.0 Å². The van der Waals surface area contributed by atoms with Crippen LogP contribution in [0.4, 0.5) is 4.79 Å². The second-order valence-corrected chi connectivity index (χ2v) is 13.4. The van der Waals surface area contributed by atoms with Gasteiger partial charge in [0.15, 0.2) is 0 Å². The number of ether oxygens (including phenoxy) is 2. The monoisotopic (exact) mass is 618 g/mol. The molecule has 45 heavy (non-hydrogen) atoms. The molecular formula is C35H50N6O4. The van der Waals surface area contributed by atoms with E-state index in [4.69, 9.17) is 9.47 Å². The maximum atomic E-state index is 12.9. The molecule has 1 N–H and O–H groups in total. The van der Waals surface area contributed by atoms with E-state index in [1.807, 2.05) is 32.4 Å². The molecule has 2 aromatic carbocycles. The number of hydrogen-bond acceptors (Lipinski definition) is 8. The van der Waals surface area contributed by atoms with Crippen molar-refractivity contribution in [3.63, 3.8) is 0 Å². The number of rotatable bonds is 11. The van der Waals surface area contributed by atoms with Gasteiger partial charge < -0.3 is 24.6 Å². The fourth-order valence-corrected chi connectivity index (χ4v) is 6.50. The predicted octanol–water partition coefficient (Wildman–Crippen LogP) is 5.19. The lowest BCUT2D eigenvalue weighted by molar-refractivity contribution is -0.143. The van der Waals surface area contributed by atoms with Crippen molar-refractivity contribution >= 4 is 23.1 Å². The minimum Gasteiger partial charge on any atom is -0.466 e. The number of carbonyl (C=O) groups is 2. The summed E-state index contributed by atoms with van der Waals surface area (Å²) in [5.74, 6) is -0.453. The predicted molar refractivity (Wildman–Crippen MR) is 175 cm³/mol. The zero-order valence-electron chi connectivity index (χ0n) is 27.7. The molecule has 1 atom stereocenters. The molecule has 0 radical (unpaired) electrons. The number of aromatic nitrogens is 3. The minimum atomic E-state index is -0.549. The molecule has 1 saturated heterocycles. The Hall–Kier alpha value is -3.50. The highest BCUT2D eigenvalue weighted by Crippen LogP contribution is 2.35. The third-order valence-corrected chi connectivity index (χ3v) is 8.88. The molecule has 0 saturated carbocycles. The lowest BCUT2D eigenvalue weighted by atomic mass is 9.83. The molecule has 1 amide bonds. The van der Waals surface area contributed by atoms with E-state index in [0.717, 1.165) is 91.8 Å². The summed E-state index contributed by atoms with van der Waals surface area (Å²) < 4.78 is 13.1. The van der Waals surface area contributed by atoms with Crippen molar-refractivity contribution in [3.05, 3.63) is 58.1 Å². The van der Waals surface area contributed by atoms with Gasteiger partial charge >= 0.3 is 12.1 Å². The van der Waals surface area contributed by atoms with E-state index in [0.29, 0.717) is 19.7 Å². The number of benzene rings is 2. The number of piperazine rings is 1. The summed E-state index contributed by atoms with van der Waals surface area (Å²) in [6.45, 7) is 17.4. The largest absolute Gasteiger partial charge is 0.466 e. The van der Waals surface area contributed by atoms with Gasteiger partial charge in [0.2, 0.25) is 0 Å². The number of nitrogens with zero attached hydrogens (tertiary/aromatic N) is 5. The molecule has 0 bridgehead atoms. The number of aryl methyl sites for hydroxylation is 2. The van der Waals surface area contributed by atoms with E-state index in [1.54, 1.807) is 4.90 Å². The second kappa shape index (κ2) is 14.7. The zero-order chi connectivity index (χ0) is 32.0. The fourth-order valence-electron chi connectivity index (χ4n) is 6.50. The first kappa shape index (κ1) is 32.9. The Labute approximate surface area is 267 Å². The Balaban J connectivity index is 1.33. The average Bonchev–Trinajstić information content (AvgIpc) is 3.43. The zero-order valence-corrected chi connectivity index (χ0v) is 27.7. The van der Waals surface area contributed by atoms with Gasteiger partial charge in [0, 0.05) is 51.7 Å². The van der Waals surface area contributed by atoms with Crippen molar-refractivity contribution in [2.75, 3.05) is 45.9 Å². The van der Waals surface area contributed by atoms with Crippen LogP contribution in [0.1, 0.15) is 87.1 Å². The first-order chi connectivity index (χ1) is 21.6. The highest BCUT2D eigenvalue weighted by atomic mass is 16.6. The maximum Gasteiger partial charge on any atom is 0.410 e. The number of carbonyl (C=O) groups excluding carboxylic acids is 2. The molecule has 2 aliphatic heterocycles. The molecule has 3 aromatic rings. The second-order valence-electron chi connectivity index (χ2n) is 13.4. The summed E-state index contributed by atoms with van der Waals surface area (Å²) in [6, 6.07) is 10.6. The Kier molecular flexibility index (Phi) is 10.8. The maximum absolute atomic E-state index is 12.9. The Morgan fingerprint density at radius 2 is 1.78 bits per heavy atom. The van der Waals surface area contributed by atoms with Crippen molar-refractivity contribution in [1.29, 1.82) is 0 Å². The van der Waals surface area contributed by atoms with Crippen molar-refractivity contribution in [2.45, 2.75) is 91.3 Å². The summed E-state index contributed by atoms with van der Waals surface area (Å²) in [6.07, 6.45) is 4.10. The molecule has 1 aromatic heterocycles. The van der Waals surface area contributed by atoms with Gasteiger partial charge in [-0.25, -0.2) is 9.48 Å². The number of unbranched alkanes of at least 4 members (excludes halogenated alkanes) is 2. The molecule has 244 valence electrons. The SMILES string of the molecule is CCOC(=O)CC(c1ccc2c(c1)CN(C(=O)OC(C)(C)C)CC2)c1ccc2c(nnn2CCCCCN2CCNCC2)c1C. The number of nitrogens with one attached hydrogen (secondary N) is 1. The van der Waals surface area contributed by atoms with Crippen molar-refractivity contribution < 1.29 is 19.1 Å². The number of fused-ring (bicyclic) bond motifs is 2. The van der Waals surface area contributed by atoms with E-state index in [9.17, 15) is 9.59 Å². The summed E-state index contributed by atoms with van der Waals surface area (Å²) in [4.78, 5) is 30.0. The molecule has 0 aliphatic carbocycles. The van der Waals surface area contributed by atoms with Crippen LogP contribution in [0.3, 0.4) is 0 Å². The molecule has 1 unspecified atom stereocenters. The van der Waals surface area contributed by atoms with Crippen LogP contribution < -0.4 is 5.32 Å². The van der Waals surface area contributed by atoms with Gasteiger partial charge in [-0.15, -0.1) is 5.10 Å². The van der Waals surface area contributed by atoms with Crippen LogP contribution in [-0.4, -0.2) is 88.3 Å². The van der Waals surface area contributed by atoms with Gasteiger partial charge in [-0.1, -0.05) is 35.9 Å². The topological polar surface area (TPSA) is 102 Å². The number of esters is 1. The quantitative estimate of drug-likeness (QED) is 0.231.